The van der Waals surface area contributed by atoms with Gasteiger partial charge in [-0.3, -0.25) is 0 Å². The van der Waals surface area contributed by atoms with Gasteiger partial charge in [0, 0.05) is 40.0 Å². The van der Waals surface area contributed by atoms with E-state index >= 15 is 0 Å². The van der Waals surface area contributed by atoms with E-state index in [1.807, 2.05) is 0 Å². The van der Waals surface area contributed by atoms with Gasteiger partial charge in [0.2, 0.25) is 16.6 Å². The zero-order valence-corrected chi connectivity index (χ0v) is 25.1. The molecule has 1 aromatic heterocycles. The summed E-state index contributed by atoms with van der Waals surface area (Å²) in [6.07, 6.45) is 0. The van der Waals surface area contributed by atoms with Crippen LogP contribution in [0.15, 0.2) is 49.6 Å². The maximum absolute atomic E-state index is 6.49. The third-order valence-electron chi connectivity index (χ3n) is 8.02. The van der Waals surface area contributed by atoms with Gasteiger partial charge in [-0.25, -0.2) is 0 Å². The van der Waals surface area contributed by atoms with Crippen LogP contribution in [0.25, 0.3) is 33.3 Å². The van der Waals surface area contributed by atoms with Crippen molar-refractivity contribution in [2.75, 3.05) is 0 Å². The molecule has 0 saturated carbocycles. The Labute approximate surface area is 208 Å². The summed E-state index contributed by atoms with van der Waals surface area (Å²) in [5.41, 5.74) is 4.41. The first-order valence-electron chi connectivity index (χ1n) is 12.1. The van der Waals surface area contributed by atoms with Gasteiger partial charge in [-0.2, -0.15) is 0 Å². The normalized spacial score (nSPS) is 13.4. The van der Waals surface area contributed by atoms with Crippen LogP contribution in [0.3, 0.4) is 0 Å². The molecule has 3 rings (SSSR count). The minimum Gasteiger partial charge on any atom is -0.543 e. The highest BCUT2D eigenvalue weighted by Crippen LogP contribution is 2.41. The van der Waals surface area contributed by atoms with E-state index in [2.05, 4.69) is 129 Å². The van der Waals surface area contributed by atoms with E-state index in [1.165, 1.54) is 21.8 Å². The Kier molecular flexibility index (Phi) is 6.55. The zero-order valence-electron chi connectivity index (χ0n) is 23.1. The van der Waals surface area contributed by atoms with Crippen molar-refractivity contribution >= 4 is 50.0 Å². The van der Waals surface area contributed by atoms with Gasteiger partial charge < -0.3 is 13.4 Å². The average molecular weight is 494 g/mol. The summed E-state index contributed by atoms with van der Waals surface area (Å²) < 4.78 is 15.2. The van der Waals surface area contributed by atoms with Crippen molar-refractivity contribution in [3.63, 3.8) is 0 Å². The van der Waals surface area contributed by atoms with E-state index in [1.54, 1.807) is 0 Å². The second-order valence-corrected chi connectivity index (χ2v) is 22.0. The third kappa shape index (κ3) is 4.78. The Morgan fingerprint density at radius 1 is 0.676 bits per heavy atom. The molecule has 0 radical (unpaired) electrons. The number of rotatable bonds is 6. The van der Waals surface area contributed by atoms with Crippen LogP contribution in [0.2, 0.25) is 36.3 Å². The molecule has 2 aromatic carbocycles. The van der Waals surface area contributed by atoms with Crippen molar-refractivity contribution in [1.82, 2.24) is 4.57 Å². The van der Waals surface area contributed by atoms with E-state index < -0.39 is 16.6 Å². The first-order valence-corrected chi connectivity index (χ1v) is 18.0. The molecule has 0 aliphatic rings. The van der Waals surface area contributed by atoms with Crippen LogP contribution in [0.4, 0.5) is 0 Å². The van der Waals surface area contributed by atoms with Crippen LogP contribution in [-0.2, 0) is 15.9 Å². The van der Waals surface area contributed by atoms with Crippen molar-refractivity contribution in [1.29, 1.82) is 0 Å². The summed E-state index contributed by atoms with van der Waals surface area (Å²) >= 11 is 0. The first-order chi connectivity index (χ1) is 15.4. The van der Waals surface area contributed by atoms with Crippen LogP contribution < -0.4 is 0 Å². The first kappa shape index (κ1) is 26.4. The lowest BCUT2D eigenvalue weighted by Crippen LogP contribution is -2.40. The van der Waals surface area contributed by atoms with Gasteiger partial charge in [0.05, 0.1) is 0 Å². The zero-order chi connectivity index (χ0) is 25.9. The van der Waals surface area contributed by atoms with E-state index in [0.717, 1.165) is 22.6 Å². The summed E-state index contributed by atoms with van der Waals surface area (Å²) in [5.74, 6) is 1.52. The quantitative estimate of drug-likeness (QED) is 0.252. The van der Waals surface area contributed by atoms with Crippen LogP contribution in [0.1, 0.15) is 52.7 Å². The Hall–Kier alpha value is -2.25. The molecule has 0 bridgehead atoms. The van der Waals surface area contributed by atoms with Gasteiger partial charge >= 0.3 is 0 Å². The molecule has 3 nitrogen and oxygen atoms in total. The molecule has 0 N–H and O–H groups in total. The van der Waals surface area contributed by atoms with E-state index in [9.17, 15) is 0 Å². The highest BCUT2D eigenvalue weighted by Gasteiger charge is 2.40. The second kappa shape index (κ2) is 8.45. The standard InChI is InChI=1S/C29H43NO2Si2/c1-20(31-33(10,11)28(3,4)5)22-14-16-24-25-17-15-23(19-27(25)30(9)26(24)18-22)21(2)32-34(12,13)29(6,7)8/h14-19H,1-2H2,3-13H3. The molecule has 0 atom stereocenters. The molecule has 5 heteroatoms. The molecule has 0 unspecified atom stereocenters. The van der Waals surface area contributed by atoms with Crippen molar-refractivity contribution in [2.24, 2.45) is 7.05 Å². The predicted molar refractivity (Wildman–Crippen MR) is 155 cm³/mol. The largest absolute Gasteiger partial charge is 0.543 e. The van der Waals surface area contributed by atoms with Crippen LogP contribution >= 0.6 is 0 Å². The minimum atomic E-state index is -1.94. The molecule has 0 aliphatic heterocycles. The van der Waals surface area contributed by atoms with Crippen molar-refractivity contribution < 1.29 is 8.85 Å². The summed E-state index contributed by atoms with van der Waals surface area (Å²) in [5, 5.41) is 2.71. The van der Waals surface area contributed by atoms with E-state index in [4.69, 9.17) is 8.85 Å². The SMILES string of the molecule is C=C(O[Si](C)(C)C(C)(C)C)c1ccc2c3ccc(C(=C)O[Si](C)(C)C(C)(C)C)cc3n(C)c2c1. The lowest BCUT2D eigenvalue weighted by molar-refractivity contribution is 0.459. The number of benzene rings is 2. The molecule has 0 amide bonds. The topological polar surface area (TPSA) is 23.4 Å². The molecule has 0 fully saturated rings. The van der Waals surface area contributed by atoms with Gasteiger partial charge in [0.15, 0.2) is 0 Å². The Balaban J connectivity index is 1.99. The summed E-state index contributed by atoms with van der Waals surface area (Å²) in [7, 11) is -1.77. The number of fused-ring (bicyclic) bond motifs is 3. The summed E-state index contributed by atoms with van der Waals surface area (Å²) in [6, 6.07) is 13.0. The predicted octanol–water partition coefficient (Wildman–Crippen LogP) is 9.32. The van der Waals surface area contributed by atoms with Gasteiger partial charge in [-0.05, 0) is 48.4 Å². The molecule has 0 spiro atoms. The van der Waals surface area contributed by atoms with Crippen molar-refractivity contribution in [2.45, 2.75) is 77.8 Å². The minimum absolute atomic E-state index is 0.130. The van der Waals surface area contributed by atoms with Gasteiger partial charge in [0.25, 0.3) is 0 Å². The van der Waals surface area contributed by atoms with Gasteiger partial charge in [0.1, 0.15) is 11.5 Å². The Morgan fingerprint density at radius 2 is 1.00 bits per heavy atom. The fourth-order valence-corrected chi connectivity index (χ4v) is 5.67. The molecule has 34 heavy (non-hydrogen) atoms. The van der Waals surface area contributed by atoms with Crippen molar-refractivity contribution in [3.05, 3.63) is 60.7 Å². The number of aromatic nitrogens is 1. The molecule has 0 saturated heterocycles. The van der Waals surface area contributed by atoms with Gasteiger partial charge in [-0.1, -0.05) is 79.0 Å². The average Bonchev–Trinajstić information content (AvgIpc) is 2.97. The highest BCUT2D eigenvalue weighted by molar-refractivity contribution is 6.75. The number of hydrogen-bond donors (Lipinski definition) is 0. The van der Waals surface area contributed by atoms with Crippen molar-refractivity contribution in [3.8, 4) is 0 Å². The lowest BCUT2D eigenvalue weighted by Gasteiger charge is -2.37. The molecule has 1 heterocycles. The molecular formula is C29H43NO2Si2. The Morgan fingerprint density at radius 3 is 1.29 bits per heavy atom. The monoisotopic (exact) mass is 493 g/mol. The lowest BCUT2D eigenvalue weighted by atomic mass is 10.1. The number of nitrogens with zero attached hydrogens (tertiary/aromatic N) is 1. The van der Waals surface area contributed by atoms with E-state index in [-0.39, 0.29) is 10.1 Å². The number of aryl methyl sites for hydroxylation is 1. The fraction of sp³-hybridized carbons (Fsp3) is 0.448. The second-order valence-electron chi connectivity index (χ2n) is 12.6. The van der Waals surface area contributed by atoms with E-state index in [0.29, 0.717) is 0 Å². The third-order valence-corrected chi connectivity index (χ3v) is 16.8. The number of hydrogen-bond acceptors (Lipinski definition) is 2. The molecular weight excluding hydrogens is 450 g/mol. The maximum atomic E-state index is 6.49. The molecule has 3 aromatic rings. The smallest absolute Gasteiger partial charge is 0.250 e. The maximum Gasteiger partial charge on any atom is 0.250 e. The Bertz CT molecular complexity index is 1170. The summed E-state index contributed by atoms with van der Waals surface area (Å²) in [4.78, 5) is 0. The molecule has 184 valence electrons. The highest BCUT2D eigenvalue weighted by atomic mass is 28.4. The van der Waals surface area contributed by atoms with Crippen LogP contribution in [-0.4, -0.2) is 21.2 Å². The fourth-order valence-electron chi connectivity index (χ4n) is 3.59. The van der Waals surface area contributed by atoms with Crippen LogP contribution in [0, 0.1) is 0 Å². The summed E-state index contributed by atoms with van der Waals surface area (Å²) in [6.45, 7) is 31.1. The van der Waals surface area contributed by atoms with Gasteiger partial charge in [-0.15, -0.1) is 0 Å². The molecule has 0 aliphatic carbocycles. The van der Waals surface area contributed by atoms with Crippen LogP contribution in [0.5, 0.6) is 0 Å².